The molecule has 0 unspecified atom stereocenters. The van der Waals surface area contributed by atoms with Crippen LogP contribution in [0.1, 0.15) is 101 Å². The number of fused-ring (bicyclic) bond motifs is 3. The van der Waals surface area contributed by atoms with Gasteiger partial charge in [-0.3, -0.25) is 9.59 Å². The first kappa shape index (κ1) is 38.9. The van der Waals surface area contributed by atoms with Gasteiger partial charge in [0.05, 0.1) is 24.7 Å². The molecule has 2 fully saturated rings. The fourth-order valence-corrected chi connectivity index (χ4v) is 9.86. The minimum Gasteiger partial charge on any atom is -0.396 e. The molecule has 6 atom stereocenters. The Morgan fingerprint density at radius 1 is 1.17 bits per heavy atom. The molecule has 2 aliphatic heterocycles. The van der Waals surface area contributed by atoms with Gasteiger partial charge in [-0.15, -0.1) is 0 Å². The van der Waals surface area contributed by atoms with E-state index in [1.807, 2.05) is 32.0 Å². The number of allylic oxidation sites excluding steroid dienone is 9. The zero-order valence-electron chi connectivity index (χ0n) is 31.6. The SMILES string of the molecule is C=C1/C=C2\C=C[C@@]3(CC[C@@]4([C@H](CCCO)/C(=C(\C)C(=O)Cc5cccc6c5CC(=O)N[C@H]6N)CC[C@@]4(C)O)[C@@H]3O)C(=C2)COCC#CC/C(C)=C/CC1. The molecule has 6 N–H and O–H groups in total. The molecule has 2 spiro atoms. The maximum absolute atomic E-state index is 14.2. The third kappa shape index (κ3) is 7.48. The molecule has 1 aromatic carbocycles. The van der Waals surface area contributed by atoms with Crippen molar-refractivity contribution < 1.29 is 29.6 Å². The van der Waals surface area contributed by atoms with Crippen molar-refractivity contribution in [1.29, 1.82) is 0 Å². The number of hydrogen-bond donors (Lipinski definition) is 5. The standard InChI is InChI=1S/C45H56N2O6/c1-29-10-5-6-23-53-28-34-25-32(24-30(2)12-7-11-29)16-19-44(34)20-21-45(42(44)51)38(15-9-22-48)35(17-18-43(45,4)52)31(3)39(49)26-33-13-8-14-36-37(33)27-40(50)47-41(36)46/h8,11,13-14,16,19,24-25,38,41-42,48,51-52H,2,7,9-10,12,15,17-18,20-23,26-28,46H2,1,3-4H3,(H,47,50)/b29-11+,32-24+,35-31+/t38-,41-,42-,43-,44-,45-/m1/s1. The number of amides is 1. The topological polar surface area (TPSA) is 142 Å². The largest absolute Gasteiger partial charge is 0.396 e. The van der Waals surface area contributed by atoms with Crippen LogP contribution < -0.4 is 11.1 Å². The van der Waals surface area contributed by atoms with Crippen molar-refractivity contribution in [3.05, 3.63) is 105 Å². The monoisotopic (exact) mass is 720 g/mol. The van der Waals surface area contributed by atoms with Crippen molar-refractivity contribution in [2.45, 2.75) is 109 Å². The average Bonchev–Trinajstić information content (AvgIpc) is 3.40. The van der Waals surface area contributed by atoms with E-state index in [1.54, 1.807) is 0 Å². The molecular weight excluding hydrogens is 665 g/mol. The molecule has 8 nitrogen and oxygen atoms in total. The highest BCUT2D eigenvalue weighted by atomic mass is 16.5. The molecule has 5 aliphatic rings. The van der Waals surface area contributed by atoms with Crippen LogP contribution in [0.2, 0.25) is 0 Å². The Kier molecular flexibility index (Phi) is 11.6. The molecular formula is C45H56N2O6. The quantitative estimate of drug-likeness (QED) is 0.139. The predicted octanol–water partition coefficient (Wildman–Crippen LogP) is 5.93. The van der Waals surface area contributed by atoms with Crippen LogP contribution >= 0.6 is 0 Å². The van der Waals surface area contributed by atoms with Crippen LogP contribution in [-0.2, 0) is 27.2 Å². The third-order valence-corrected chi connectivity index (χ3v) is 12.8. The lowest BCUT2D eigenvalue weighted by atomic mass is 9.51. The second-order valence-corrected chi connectivity index (χ2v) is 16.1. The lowest BCUT2D eigenvalue weighted by Gasteiger charge is -2.56. The molecule has 1 amide bonds. The van der Waals surface area contributed by atoms with E-state index in [4.69, 9.17) is 10.5 Å². The molecule has 2 heterocycles. The Balaban J connectivity index is 1.37. The molecule has 3 aliphatic carbocycles. The van der Waals surface area contributed by atoms with E-state index in [2.05, 4.69) is 61.0 Å². The number of aliphatic hydroxyl groups is 3. The van der Waals surface area contributed by atoms with Crippen LogP contribution in [0.3, 0.4) is 0 Å². The summed E-state index contributed by atoms with van der Waals surface area (Å²) in [5.41, 5.74) is 11.3. The van der Waals surface area contributed by atoms with E-state index < -0.39 is 28.7 Å². The van der Waals surface area contributed by atoms with E-state index in [1.165, 1.54) is 5.57 Å². The second-order valence-electron chi connectivity index (χ2n) is 16.1. The highest BCUT2D eigenvalue weighted by Crippen LogP contribution is 2.67. The zero-order chi connectivity index (χ0) is 38.0. The van der Waals surface area contributed by atoms with Crippen LogP contribution in [-0.4, -0.2) is 58.5 Å². The smallest absolute Gasteiger partial charge is 0.225 e. The van der Waals surface area contributed by atoms with Crippen molar-refractivity contribution in [1.82, 2.24) is 5.32 Å². The fourth-order valence-electron chi connectivity index (χ4n) is 9.86. The van der Waals surface area contributed by atoms with E-state index >= 15 is 0 Å². The number of nitrogens with one attached hydrogen (secondary N) is 1. The summed E-state index contributed by atoms with van der Waals surface area (Å²) in [6.45, 7) is 10.6. The second kappa shape index (κ2) is 15.9. The summed E-state index contributed by atoms with van der Waals surface area (Å²) in [7, 11) is 0. The van der Waals surface area contributed by atoms with Crippen molar-refractivity contribution >= 4 is 11.7 Å². The molecule has 0 aromatic heterocycles. The molecule has 8 heteroatoms. The average molecular weight is 721 g/mol. The Morgan fingerprint density at radius 3 is 2.77 bits per heavy atom. The number of ketones is 1. The normalized spacial score (nSPS) is 34.7. The number of hydrogen-bond acceptors (Lipinski definition) is 7. The van der Waals surface area contributed by atoms with Crippen LogP contribution in [0.25, 0.3) is 0 Å². The summed E-state index contributed by atoms with van der Waals surface area (Å²) in [5, 5.41) is 38.3. The summed E-state index contributed by atoms with van der Waals surface area (Å²) >= 11 is 0. The minimum absolute atomic E-state index is 0.0400. The maximum atomic E-state index is 14.2. The third-order valence-electron chi connectivity index (χ3n) is 12.8. The first-order valence-corrected chi connectivity index (χ1v) is 19.2. The molecule has 2 bridgehead atoms. The van der Waals surface area contributed by atoms with Gasteiger partial charge in [0.2, 0.25) is 5.91 Å². The number of carbonyl (C=O) groups excluding carboxylic acids is 2. The van der Waals surface area contributed by atoms with Crippen molar-refractivity contribution in [2.75, 3.05) is 19.8 Å². The summed E-state index contributed by atoms with van der Waals surface area (Å²) in [6.07, 6.45) is 14.7. The van der Waals surface area contributed by atoms with Gasteiger partial charge in [-0.1, -0.05) is 83.7 Å². The molecule has 2 saturated carbocycles. The summed E-state index contributed by atoms with van der Waals surface area (Å²) in [6, 6.07) is 5.65. The van der Waals surface area contributed by atoms with Crippen LogP contribution in [0.5, 0.6) is 0 Å². The number of rotatable bonds is 6. The Bertz CT molecular complexity index is 1870. The van der Waals surface area contributed by atoms with Gasteiger partial charge in [-0.05, 0) is 111 Å². The number of nitrogens with two attached hydrogens (primary N) is 1. The van der Waals surface area contributed by atoms with Gasteiger partial charge in [-0.25, -0.2) is 0 Å². The van der Waals surface area contributed by atoms with Crippen LogP contribution in [0.15, 0.2) is 88.6 Å². The lowest BCUT2D eigenvalue weighted by Crippen LogP contribution is -2.61. The Labute approximate surface area is 314 Å². The first-order valence-electron chi connectivity index (χ1n) is 19.2. The maximum Gasteiger partial charge on any atom is 0.225 e. The highest BCUT2D eigenvalue weighted by molar-refractivity contribution is 5.97. The van der Waals surface area contributed by atoms with Crippen molar-refractivity contribution in [2.24, 2.45) is 22.5 Å². The highest BCUT2D eigenvalue weighted by Gasteiger charge is 2.68. The minimum atomic E-state index is -1.25. The van der Waals surface area contributed by atoms with E-state index in [9.17, 15) is 24.9 Å². The van der Waals surface area contributed by atoms with Gasteiger partial charge in [0.25, 0.3) is 0 Å². The van der Waals surface area contributed by atoms with Crippen LogP contribution in [0, 0.1) is 28.6 Å². The number of carbonyl (C=O) groups is 2. The Morgan fingerprint density at radius 2 is 1.98 bits per heavy atom. The summed E-state index contributed by atoms with van der Waals surface area (Å²) in [4.78, 5) is 26.6. The molecule has 0 saturated heterocycles. The lowest BCUT2D eigenvalue weighted by molar-refractivity contribution is -0.173. The zero-order valence-corrected chi connectivity index (χ0v) is 31.6. The van der Waals surface area contributed by atoms with Gasteiger partial charge < -0.3 is 31.1 Å². The van der Waals surface area contributed by atoms with E-state index in [0.717, 1.165) is 51.8 Å². The van der Waals surface area contributed by atoms with Crippen molar-refractivity contribution in [3.8, 4) is 11.8 Å². The van der Waals surface area contributed by atoms with E-state index in [-0.39, 0.29) is 50.3 Å². The van der Waals surface area contributed by atoms with Gasteiger partial charge >= 0.3 is 0 Å². The molecule has 1 aromatic rings. The Hall–Kier alpha value is -3.84. The summed E-state index contributed by atoms with van der Waals surface area (Å²) in [5.74, 6) is 5.78. The predicted molar refractivity (Wildman–Crippen MR) is 207 cm³/mol. The van der Waals surface area contributed by atoms with Crippen molar-refractivity contribution in [3.63, 3.8) is 0 Å². The molecule has 6 rings (SSSR count). The van der Waals surface area contributed by atoms with Gasteiger partial charge in [-0.2, -0.15) is 0 Å². The van der Waals surface area contributed by atoms with Crippen LogP contribution in [0.4, 0.5) is 0 Å². The molecule has 0 radical (unpaired) electrons. The number of Topliss-reactive ketones (excluding diaryl/α,β-unsaturated/α-hetero) is 1. The first-order chi connectivity index (χ1) is 25.3. The van der Waals surface area contributed by atoms with Gasteiger partial charge in [0.15, 0.2) is 5.78 Å². The number of ether oxygens (including phenoxy) is 1. The van der Waals surface area contributed by atoms with Gasteiger partial charge in [0, 0.05) is 30.3 Å². The van der Waals surface area contributed by atoms with E-state index in [0.29, 0.717) is 50.5 Å². The molecule has 53 heavy (non-hydrogen) atoms. The fraction of sp³-hybridized carbons (Fsp3) is 0.511. The summed E-state index contributed by atoms with van der Waals surface area (Å²) < 4.78 is 6.17. The number of benzene rings is 1. The number of aliphatic hydroxyl groups excluding tert-OH is 2. The van der Waals surface area contributed by atoms with Gasteiger partial charge in [0.1, 0.15) is 12.8 Å². The molecule has 282 valence electrons.